The molecule has 66 valence electrons. The zero-order valence-electron chi connectivity index (χ0n) is 8.65. The Balaban J connectivity index is 4.12. The summed E-state index contributed by atoms with van der Waals surface area (Å²) in [6.07, 6.45) is 2.18. The van der Waals surface area contributed by atoms with E-state index in [1.165, 1.54) is 5.70 Å². The van der Waals surface area contributed by atoms with Crippen molar-refractivity contribution in [3.05, 3.63) is 11.8 Å². The molecule has 1 N–H and O–H groups in total. The fraction of sp³-hybridized carbons (Fsp3) is 0.778. The highest BCUT2D eigenvalue weighted by Gasteiger charge is 2.14. The van der Waals surface area contributed by atoms with Gasteiger partial charge in [-0.3, -0.25) is 0 Å². The van der Waals surface area contributed by atoms with Crippen LogP contribution in [-0.2, 0) is 0 Å². The lowest BCUT2D eigenvalue weighted by atomic mass is 10.1. The van der Waals surface area contributed by atoms with Crippen molar-refractivity contribution in [3.8, 4) is 0 Å². The summed E-state index contributed by atoms with van der Waals surface area (Å²) in [6, 6.07) is 0. The molecule has 0 radical (unpaired) electrons. The fourth-order valence-corrected chi connectivity index (χ4v) is 2.28. The van der Waals surface area contributed by atoms with E-state index in [1.54, 1.807) is 0 Å². The topological polar surface area (TPSA) is 12.0 Å². The number of hydrogen-bond acceptors (Lipinski definition) is 1. The molecule has 11 heavy (non-hydrogen) atoms. The summed E-state index contributed by atoms with van der Waals surface area (Å²) in [6.45, 7) is 13.5. The minimum Gasteiger partial charge on any atom is -0.414 e. The molecule has 2 heteroatoms. The van der Waals surface area contributed by atoms with E-state index < -0.39 is 8.24 Å². The number of nitrogens with one attached hydrogen (secondary N) is 1. The summed E-state index contributed by atoms with van der Waals surface area (Å²) in [4.78, 5) is 3.61. The van der Waals surface area contributed by atoms with Crippen molar-refractivity contribution in [3.63, 3.8) is 0 Å². The van der Waals surface area contributed by atoms with E-state index in [0.717, 1.165) is 0 Å². The molecule has 0 spiro atoms. The van der Waals surface area contributed by atoms with Gasteiger partial charge in [-0.25, -0.2) is 0 Å². The maximum atomic E-state index is 3.61. The molecule has 0 saturated heterocycles. The Hall–Kier alpha value is -0.243. The lowest BCUT2D eigenvalue weighted by Crippen LogP contribution is -2.41. The molecule has 0 fully saturated rings. The van der Waals surface area contributed by atoms with Gasteiger partial charge in [0.05, 0.1) is 0 Å². The third kappa shape index (κ3) is 5.07. The molecule has 0 atom stereocenters. The van der Waals surface area contributed by atoms with Gasteiger partial charge >= 0.3 is 0 Å². The van der Waals surface area contributed by atoms with Crippen LogP contribution in [0.1, 0.15) is 20.8 Å². The van der Waals surface area contributed by atoms with E-state index in [0.29, 0.717) is 5.92 Å². The van der Waals surface area contributed by atoms with Gasteiger partial charge in [-0.1, -0.05) is 39.6 Å². The molecule has 0 bridgehead atoms. The van der Waals surface area contributed by atoms with Gasteiger partial charge in [0.25, 0.3) is 0 Å². The van der Waals surface area contributed by atoms with Gasteiger partial charge in [0.1, 0.15) is 8.24 Å². The molecule has 0 aromatic carbocycles. The number of hydrogen-bond donors (Lipinski definition) is 1. The summed E-state index contributed by atoms with van der Waals surface area (Å²) in [5.41, 5.74) is 1.39. The third-order valence-electron chi connectivity index (χ3n) is 1.45. The van der Waals surface area contributed by atoms with E-state index in [2.05, 4.69) is 51.5 Å². The van der Waals surface area contributed by atoms with Crippen LogP contribution < -0.4 is 4.98 Å². The highest BCUT2D eigenvalue weighted by molar-refractivity contribution is 6.74. The summed E-state index contributed by atoms with van der Waals surface area (Å²) in [7, 11) is -1.12. The van der Waals surface area contributed by atoms with E-state index in [-0.39, 0.29) is 0 Å². The Morgan fingerprint density at radius 2 is 1.73 bits per heavy atom. The van der Waals surface area contributed by atoms with Gasteiger partial charge in [0.2, 0.25) is 0 Å². The van der Waals surface area contributed by atoms with E-state index in [1.807, 2.05) is 0 Å². The summed E-state index contributed by atoms with van der Waals surface area (Å²) in [5.74, 6) is 0.631. The first kappa shape index (κ1) is 10.8. The van der Waals surface area contributed by atoms with Crippen molar-refractivity contribution < 1.29 is 0 Å². The van der Waals surface area contributed by atoms with Crippen LogP contribution in [0.2, 0.25) is 19.6 Å². The van der Waals surface area contributed by atoms with Gasteiger partial charge in [-0.05, 0) is 12.8 Å². The van der Waals surface area contributed by atoms with Crippen molar-refractivity contribution in [2.24, 2.45) is 5.92 Å². The average molecular weight is 171 g/mol. The van der Waals surface area contributed by atoms with Crippen molar-refractivity contribution >= 4 is 8.24 Å². The van der Waals surface area contributed by atoms with Crippen molar-refractivity contribution in [1.29, 1.82) is 0 Å². The summed E-state index contributed by atoms with van der Waals surface area (Å²) < 4.78 is 0. The van der Waals surface area contributed by atoms with Gasteiger partial charge in [0, 0.05) is 5.70 Å². The lowest BCUT2D eigenvalue weighted by Gasteiger charge is -2.24. The molecule has 0 aromatic rings. The molecule has 0 heterocycles. The van der Waals surface area contributed by atoms with Crippen LogP contribution in [0.3, 0.4) is 0 Å². The molecule has 0 aliphatic carbocycles. The van der Waals surface area contributed by atoms with E-state index in [4.69, 9.17) is 0 Å². The highest BCUT2D eigenvalue weighted by atomic mass is 28.3. The quantitative estimate of drug-likeness (QED) is 0.644. The molecule has 0 unspecified atom stereocenters. The SMILES string of the molecule is C/C=C(/N[Si](C)(C)C)C(C)C. The molecule has 0 amide bonds. The van der Waals surface area contributed by atoms with Crippen LogP contribution in [0, 0.1) is 5.92 Å². The first-order valence-electron chi connectivity index (χ1n) is 4.31. The molecular weight excluding hydrogens is 150 g/mol. The fourth-order valence-electron chi connectivity index (χ4n) is 0.983. The monoisotopic (exact) mass is 171 g/mol. The Bertz CT molecular complexity index is 142. The first-order valence-corrected chi connectivity index (χ1v) is 7.81. The van der Waals surface area contributed by atoms with E-state index >= 15 is 0 Å². The zero-order valence-corrected chi connectivity index (χ0v) is 9.65. The highest BCUT2D eigenvalue weighted by Crippen LogP contribution is 2.09. The Morgan fingerprint density at radius 3 is 1.82 bits per heavy atom. The maximum absolute atomic E-state index is 3.61. The minimum absolute atomic E-state index is 0.631. The Kier molecular flexibility index (Phi) is 3.87. The summed E-state index contributed by atoms with van der Waals surface area (Å²) >= 11 is 0. The average Bonchev–Trinajstić information content (AvgIpc) is 1.80. The van der Waals surface area contributed by atoms with Gasteiger partial charge in [-0.15, -0.1) is 0 Å². The minimum atomic E-state index is -1.12. The number of rotatable bonds is 3. The van der Waals surface area contributed by atoms with Crippen molar-refractivity contribution in [1.82, 2.24) is 4.98 Å². The largest absolute Gasteiger partial charge is 0.414 e. The second-order valence-corrected chi connectivity index (χ2v) is 9.02. The first-order chi connectivity index (χ1) is 4.87. The van der Waals surface area contributed by atoms with Crippen LogP contribution in [0.4, 0.5) is 0 Å². The maximum Gasteiger partial charge on any atom is 0.143 e. The molecule has 0 aliphatic rings. The standard InChI is InChI=1S/C9H21NSi/c1-7-9(8(2)3)10-11(4,5)6/h7-8,10H,1-6H3/b9-7+. The molecule has 0 aromatic heterocycles. The Morgan fingerprint density at radius 1 is 1.27 bits per heavy atom. The van der Waals surface area contributed by atoms with Crippen LogP contribution in [0.5, 0.6) is 0 Å². The zero-order chi connectivity index (χ0) is 9.07. The molecule has 0 aliphatic heterocycles. The van der Waals surface area contributed by atoms with Crippen LogP contribution in [-0.4, -0.2) is 8.24 Å². The van der Waals surface area contributed by atoms with Crippen LogP contribution in [0.25, 0.3) is 0 Å². The van der Waals surface area contributed by atoms with Gasteiger partial charge in [-0.2, -0.15) is 0 Å². The third-order valence-corrected chi connectivity index (χ3v) is 2.49. The van der Waals surface area contributed by atoms with Crippen LogP contribution in [0.15, 0.2) is 11.8 Å². The van der Waals surface area contributed by atoms with Crippen LogP contribution >= 0.6 is 0 Å². The Labute approximate surface area is 72.0 Å². The second kappa shape index (κ2) is 3.95. The molecule has 0 saturated carbocycles. The molecule has 1 nitrogen and oxygen atoms in total. The molecule has 0 rings (SSSR count). The normalized spacial score (nSPS) is 13.9. The second-order valence-electron chi connectivity index (χ2n) is 4.27. The molecular formula is C9H21NSi. The summed E-state index contributed by atoms with van der Waals surface area (Å²) in [5, 5.41) is 0. The smallest absolute Gasteiger partial charge is 0.143 e. The predicted octanol–water partition coefficient (Wildman–Crippen LogP) is 2.97. The van der Waals surface area contributed by atoms with Gasteiger partial charge < -0.3 is 4.98 Å². The van der Waals surface area contributed by atoms with E-state index in [9.17, 15) is 0 Å². The van der Waals surface area contributed by atoms with Gasteiger partial charge in [0.15, 0.2) is 0 Å². The van der Waals surface area contributed by atoms with Crippen molar-refractivity contribution in [2.75, 3.05) is 0 Å². The lowest BCUT2D eigenvalue weighted by molar-refractivity contribution is 0.724. The number of allylic oxidation sites excluding steroid dienone is 2. The predicted molar refractivity (Wildman–Crippen MR) is 55.1 cm³/mol. The van der Waals surface area contributed by atoms with Crippen molar-refractivity contribution in [2.45, 2.75) is 40.4 Å².